The van der Waals surface area contributed by atoms with Crippen molar-refractivity contribution >= 4 is 23.2 Å². The molecule has 8 nitrogen and oxygen atoms in total. The number of anilines is 2. The summed E-state index contributed by atoms with van der Waals surface area (Å²) >= 11 is 0. The van der Waals surface area contributed by atoms with Gasteiger partial charge in [-0.3, -0.25) is 14.3 Å². The highest BCUT2D eigenvalue weighted by Gasteiger charge is 2.29. The molecule has 55 heavy (non-hydrogen) atoms. The second kappa shape index (κ2) is 16.2. The van der Waals surface area contributed by atoms with E-state index in [1.54, 1.807) is 6.07 Å². The fourth-order valence-electron chi connectivity index (χ4n) is 5.21. The monoisotopic (exact) mass is 780 g/mol. The van der Waals surface area contributed by atoms with Crippen molar-refractivity contribution in [2.24, 2.45) is 14.1 Å². The quantitative estimate of drug-likeness (QED) is 0.119. The van der Waals surface area contributed by atoms with Crippen LogP contribution in [0.3, 0.4) is 0 Å². The largest absolute Gasteiger partial charge is 0.321 e. The maximum Gasteiger partial charge on any atom is 0.283 e. The lowest BCUT2D eigenvalue weighted by Gasteiger charge is -2.12. The number of rotatable bonds is 8. The van der Waals surface area contributed by atoms with Crippen molar-refractivity contribution in [2.45, 2.75) is 12.9 Å². The fourth-order valence-corrected chi connectivity index (χ4v) is 5.21. The smallest absolute Gasteiger partial charge is 0.283 e. The number of carbonyl (C=O) groups is 2. The Morgan fingerprint density at radius 2 is 1.02 bits per heavy atom. The molecule has 19 heteroatoms. The highest BCUT2D eigenvalue weighted by Crippen LogP contribution is 2.33. The van der Waals surface area contributed by atoms with Crippen molar-refractivity contribution < 1.29 is 57.9 Å². The van der Waals surface area contributed by atoms with Crippen LogP contribution in [0.25, 0.3) is 22.3 Å². The normalized spacial score (nSPS) is 11.1. The van der Waals surface area contributed by atoms with Gasteiger partial charge in [0.1, 0.15) is 17.0 Å². The minimum absolute atomic E-state index is 0.0254. The van der Waals surface area contributed by atoms with Crippen LogP contribution >= 0.6 is 0 Å². The van der Waals surface area contributed by atoms with Gasteiger partial charge in [0.15, 0.2) is 34.9 Å². The van der Waals surface area contributed by atoms with Crippen molar-refractivity contribution in [2.75, 3.05) is 10.6 Å². The van der Waals surface area contributed by atoms with Crippen LogP contribution in [0.15, 0.2) is 79.0 Å². The Bertz CT molecular complexity index is 2370. The number of hydrogen-bond donors (Lipinski definition) is 2. The number of halogens is 11. The zero-order valence-corrected chi connectivity index (χ0v) is 27.9. The van der Waals surface area contributed by atoms with Crippen LogP contribution in [0.2, 0.25) is 0 Å². The summed E-state index contributed by atoms with van der Waals surface area (Å²) < 4.78 is 148. The zero-order chi connectivity index (χ0) is 40.3. The SMILES string of the molecule is Cn1cc(C(=O)Nc2ccccc2-c2cc(F)c(F)c(F)c2)c(C(F)F)n1.Cn1nc(C(F)F)c(C(=O)Nc2ccccc2-c2cc(F)c(F)c(F)c2)c1F. The molecule has 0 atom stereocenters. The number of aromatic nitrogens is 4. The maximum atomic E-state index is 14.1. The Morgan fingerprint density at radius 1 is 0.600 bits per heavy atom. The van der Waals surface area contributed by atoms with E-state index < -0.39 is 82.5 Å². The van der Waals surface area contributed by atoms with Crippen molar-refractivity contribution in [1.82, 2.24) is 19.6 Å². The molecular weight excluding hydrogens is 757 g/mol. The molecule has 2 amide bonds. The van der Waals surface area contributed by atoms with Gasteiger partial charge in [-0.1, -0.05) is 36.4 Å². The average molecular weight is 781 g/mol. The summed E-state index contributed by atoms with van der Waals surface area (Å²) in [4.78, 5) is 24.8. The van der Waals surface area contributed by atoms with E-state index in [9.17, 15) is 57.9 Å². The number of benzene rings is 4. The van der Waals surface area contributed by atoms with Crippen molar-refractivity contribution in [3.63, 3.8) is 0 Å². The lowest BCUT2D eigenvalue weighted by Crippen LogP contribution is -2.16. The molecule has 0 fully saturated rings. The molecule has 0 aliphatic rings. The molecule has 0 aliphatic carbocycles. The molecule has 2 aromatic heterocycles. The van der Waals surface area contributed by atoms with Gasteiger partial charge in [0, 0.05) is 42.8 Å². The standard InChI is InChI=1S/C18H11F6N3O.C18H12F5N3O/c1-27-17(24)13(15(26-27)16(22)23)18(28)25-12-5-3-2-4-9(12)8-6-10(19)14(21)11(20)7-8;1-26-8-11(16(25-26)17(22)23)18(27)24-14-5-3-2-4-10(14)9-6-12(19)15(21)13(20)7-9/h2-7,16H,1H3,(H,25,28);2-8,17H,1H3,(H,24,27). The maximum absolute atomic E-state index is 14.1. The molecule has 0 unspecified atom stereocenters. The van der Waals surface area contributed by atoms with Gasteiger partial charge in [-0.05, 0) is 47.5 Å². The molecule has 0 radical (unpaired) electrons. The summed E-state index contributed by atoms with van der Waals surface area (Å²) in [6.45, 7) is 0. The van der Waals surface area contributed by atoms with E-state index in [4.69, 9.17) is 0 Å². The van der Waals surface area contributed by atoms with Crippen molar-refractivity contribution in [3.05, 3.63) is 142 Å². The molecule has 286 valence electrons. The van der Waals surface area contributed by atoms with Crippen LogP contribution in [0.5, 0.6) is 0 Å². The Kier molecular flexibility index (Phi) is 11.7. The Morgan fingerprint density at radius 3 is 1.45 bits per heavy atom. The highest BCUT2D eigenvalue weighted by molar-refractivity contribution is 6.08. The number of amides is 2. The fraction of sp³-hybridized carbons (Fsp3) is 0.111. The molecule has 0 saturated heterocycles. The van der Waals surface area contributed by atoms with Crippen LogP contribution in [0.4, 0.5) is 59.7 Å². The number of aryl methyl sites for hydroxylation is 2. The zero-order valence-electron chi connectivity index (χ0n) is 27.9. The van der Waals surface area contributed by atoms with Crippen LogP contribution in [0, 0.1) is 40.9 Å². The first-order valence-corrected chi connectivity index (χ1v) is 15.4. The third kappa shape index (κ3) is 8.50. The van der Waals surface area contributed by atoms with Gasteiger partial charge in [0.25, 0.3) is 24.7 Å². The Balaban J connectivity index is 0.000000211. The lowest BCUT2D eigenvalue weighted by atomic mass is 10.0. The van der Waals surface area contributed by atoms with Crippen LogP contribution in [-0.4, -0.2) is 31.4 Å². The minimum Gasteiger partial charge on any atom is -0.321 e. The number of hydrogen-bond acceptors (Lipinski definition) is 4. The highest BCUT2D eigenvalue weighted by atomic mass is 19.3. The molecule has 6 rings (SSSR count). The number of alkyl halides is 4. The first-order chi connectivity index (χ1) is 26.0. The average Bonchev–Trinajstić information content (AvgIpc) is 3.69. The molecule has 2 N–H and O–H groups in total. The van der Waals surface area contributed by atoms with E-state index in [2.05, 4.69) is 20.8 Å². The van der Waals surface area contributed by atoms with E-state index in [-0.39, 0.29) is 39.2 Å². The molecule has 6 aromatic rings. The second-order valence-corrected chi connectivity index (χ2v) is 11.4. The Labute approximate surface area is 302 Å². The molecule has 4 aromatic carbocycles. The summed E-state index contributed by atoms with van der Waals surface area (Å²) in [5.41, 5.74) is -2.86. The predicted molar refractivity (Wildman–Crippen MR) is 176 cm³/mol. The van der Waals surface area contributed by atoms with Gasteiger partial charge >= 0.3 is 0 Å². The lowest BCUT2D eigenvalue weighted by molar-refractivity contribution is 0.0998. The van der Waals surface area contributed by atoms with Gasteiger partial charge in [0.2, 0.25) is 5.95 Å². The molecular formula is C36H23F11N6O2. The first-order valence-electron chi connectivity index (χ1n) is 15.4. The molecule has 0 spiro atoms. The van der Waals surface area contributed by atoms with Gasteiger partial charge in [-0.25, -0.2) is 48.6 Å². The van der Waals surface area contributed by atoms with E-state index in [0.717, 1.165) is 30.1 Å². The van der Waals surface area contributed by atoms with Crippen LogP contribution in [-0.2, 0) is 14.1 Å². The van der Waals surface area contributed by atoms with E-state index >= 15 is 0 Å². The summed E-state index contributed by atoms with van der Waals surface area (Å²) in [5, 5.41) is 11.5. The second-order valence-electron chi connectivity index (χ2n) is 11.4. The topological polar surface area (TPSA) is 93.8 Å². The van der Waals surface area contributed by atoms with Crippen molar-refractivity contribution in [3.8, 4) is 22.3 Å². The number of nitrogens with zero attached hydrogens (tertiary/aromatic N) is 4. The van der Waals surface area contributed by atoms with E-state index in [1.165, 1.54) is 49.5 Å². The van der Waals surface area contributed by atoms with Gasteiger partial charge in [-0.2, -0.15) is 14.6 Å². The summed E-state index contributed by atoms with van der Waals surface area (Å²) in [6, 6.07) is 14.5. The molecule has 0 bridgehead atoms. The van der Waals surface area contributed by atoms with E-state index in [0.29, 0.717) is 16.8 Å². The van der Waals surface area contributed by atoms with Gasteiger partial charge in [-0.15, -0.1) is 0 Å². The van der Waals surface area contributed by atoms with E-state index in [1.807, 2.05) is 0 Å². The molecule has 2 heterocycles. The third-order valence-corrected chi connectivity index (χ3v) is 7.69. The summed E-state index contributed by atoms with van der Waals surface area (Å²) in [5.74, 6) is -12.3. The number of para-hydroxylation sites is 2. The van der Waals surface area contributed by atoms with Crippen molar-refractivity contribution in [1.29, 1.82) is 0 Å². The number of nitrogens with one attached hydrogen (secondary N) is 2. The Hall–Kier alpha value is -6.53. The summed E-state index contributed by atoms with van der Waals surface area (Å²) in [7, 11) is 2.44. The first kappa shape index (κ1) is 39.7. The number of carbonyl (C=O) groups excluding carboxylic acids is 2. The summed E-state index contributed by atoms with van der Waals surface area (Å²) in [6.07, 6.45) is -5.02. The molecule has 0 saturated carbocycles. The van der Waals surface area contributed by atoms with Gasteiger partial charge in [0.05, 0.1) is 5.56 Å². The van der Waals surface area contributed by atoms with Gasteiger partial charge < -0.3 is 10.6 Å². The molecule has 0 aliphatic heterocycles. The third-order valence-electron chi connectivity index (χ3n) is 7.69. The minimum atomic E-state index is -3.20. The predicted octanol–water partition coefficient (Wildman–Crippen LogP) is 9.53. The van der Waals surface area contributed by atoms with Crippen LogP contribution in [0.1, 0.15) is 45.0 Å². The van der Waals surface area contributed by atoms with Crippen LogP contribution < -0.4 is 10.6 Å².